The van der Waals surface area contributed by atoms with Crippen LogP contribution in [0.15, 0.2) is 29.4 Å². The van der Waals surface area contributed by atoms with E-state index < -0.39 is 0 Å². The molecule has 1 aliphatic carbocycles. The summed E-state index contributed by atoms with van der Waals surface area (Å²) in [4.78, 5) is 24.6. The van der Waals surface area contributed by atoms with E-state index in [1.807, 2.05) is 31.2 Å². The molecule has 122 valence electrons. The number of nitrogens with one attached hydrogen (secondary N) is 1. The van der Waals surface area contributed by atoms with Gasteiger partial charge in [0.05, 0.1) is 5.69 Å². The molecule has 1 saturated carbocycles. The molecule has 0 unspecified atom stereocenters. The Morgan fingerprint density at radius 1 is 1.22 bits per heavy atom. The van der Waals surface area contributed by atoms with E-state index in [1.54, 1.807) is 0 Å². The molecule has 1 heterocycles. The lowest BCUT2D eigenvalue weighted by atomic mass is 9.95. The van der Waals surface area contributed by atoms with Gasteiger partial charge in [-0.1, -0.05) is 31.4 Å². The summed E-state index contributed by atoms with van der Waals surface area (Å²) in [5, 5.41) is 8.77. The number of hydrazone groups is 1. The summed E-state index contributed by atoms with van der Waals surface area (Å²) in [6, 6.07) is 7.87. The van der Waals surface area contributed by atoms with E-state index in [-0.39, 0.29) is 17.9 Å². The molecule has 2 amide bonds. The Morgan fingerprint density at radius 2 is 2.00 bits per heavy atom. The predicted molar refractivity (Wildman–Crippen MR) is 90.3 cm³/mol. The smallest absolute Gasteiger partial charge is 0.267 e. The molecule has 0 radical (unpaired) electrons. The molecule has 0 saturated heterocycles. The number of aryl methyl sites for hydroxylation is 1. The van der Waals surface area contributed by atoms with Gasteiger partial charge < -0.3 is 5.32 Å². The van der Waals surface area contributed by atoms with Crippen LogP contribution >= 0.6 is 0 Å². The van der Waals surface area contributed by atoms with Gasteiger partial charge in [0.2, 0.25) is 5.91 Å². The first-order chi connectivity index (χ1) is 11.1. The number of rotatable bonds is 3. The fourth-order valence-corrected chi connectivity index (χ4v) is 3.19. The summed E-state index contributed by atoms with van der Waals surface area (Å²) < 4.78 is 0. The molecule has 1 fully saturated rings. The molecule has 1 aromatic rings. The van der Waals surface area contributed by atoms with Crippen LogP contribution in [0.4, 0.5) is 5.69 Å². The zero-order valence-electron chi connectivity index (χ0n) is 13.5. The Bertz CT molecular complexity index is 633. The van der Waals surface area contributed by atoms with Crippen LogP contribution in [0.3, 0.4) is 0 Å². The summed E-state index contributed by atoms with van der Waals surface area (Å²) in [5.41, 5.74) is 2.23. The maximum absolute atomic E-state index is 12.4. The summed E-state index contributed by atoms with van der Waals surface area (Å²) >= 11 is 0. The van der Waals surface area contributed by atoms with E-state index in [2.05, 4.69) is 10.4 Å². The van der Waals surface area contributed by atoms with Crippen molar-refractivity contribution in [2.24, 2.45) is 5.10 Å². The zero-order valence-corrected chi connectivity index (χ0v) is 13.5. The molecule has 0 bridgehead atoms. The van der Waals surface area contributed by atoms with Gasteiger partial charge in [0.1, 0.15) is 5.71 Å². The second-order valence-electron chi connectivity index (χ2n) is 6.40. The lowest BCUT2D eigenvalue weighted by Gasteiger charge is -2.26. The van der Waals surface area contributed by atoms with Gasteiger partial charge in [0.15, 0.2) is 0 Å². The van der Waals surface area contributed by atoms with Gasteiger partial charge in [-0.15, -0.1) is 0 Å². The number of hydrogen-bond acceptors (Lipinski definition) is 3. The average molecular weight is 313 g/mol. The van der Waals surface area contributed by atoms with E-state index in [9.17, 15) is 9.59 Å². The lowest BCUT2D eigenvalue weighted by molar-refractivity contribution is -0.119. The van der Waals surface area contributed by atoms with Gasteiger partial charge in [-0.25, -0.2) is 5.01 Å². The number of benzene rings is 1. The van der Waals surface area contributed by atoms with Crippen molar-refractivity contribution in [3.8, 4) is 0 Å². The van der Waals surface area contributed by atoms with Crippen LogP contribution < -0.4 is 10.3 Å². The van der Waals surface area contributed by atoms with E-state index in [4.69, 9.17) is 0 Å². The summed E-state index contributed by atoms with van der Waals surface area (Å²) in [7, 11) is 0. The molecule has 0 aromatic heterocycles. The lowest BCUT2D eigenvalue weighted by Crippen LogP contribution is -2.43. The maximum Gasteiger partial charge on any atom is 0.267 e. The molecular weight excluding hydrogens is 290 g/mol. The van der Waals surface area contributed by atoms with Crippen molar-refractivity contribution in [2.75, 3.05) is 5.01 Å². The minimum Gasteiger partial charge on any atom is -0.348 e. The summed E-state index contributed by atoms with van der Waals surface area (Å²) in [6.45, 7) is 1.97. The van der Waals surface area contributed by atoms with Crippen molar-refractivity contribution in [3.05, 3.63) is 29.8 Å². The van der Waals surface area contributed by atoms with Crippen molar-refractivity contribution in [2.45, 2.75) is 57.9 Å². The fourth-order valence-electron chi connectivity index (χ4n) is 3.19. The molecular formula is C18H23N3O2. The Balaban J connectivity index is 1.75. The van der Waals surface area contributed by atoms with Gasteiger partial charge in [0, 0.05) is 18.9 Å². The average Bonchev–Trinajstić information content (AvgIpc) is 2.56. The van der Waals surface area contributed by atoms with Crippen molar-refractivity contribution in [1.29, 1.82) is 0 Å². The topological polar surface area (TPSA) is 61.8 Å². The molecule has 23 heavy (non-hydrogen) atoms. The number of carbonyl (C=O) groups is 2. The zero-order chi connectivity index (χ0) is 16.2. The molecule has 5 heteroatoms. The molecule has 0 atom stereocenters. The highest BCUT2D eigenvalue weighted by molar-refractivity contribution is 6.40. The van der Waals surface area contributed by atoms with Crippen molar-refractivity contribution in [1.82, 2.24) is 5.32 Å². The highest BCUT2D eigenvalue weighted by atomic mass is 16.2. The molecule has 2 aliphatic rings. The van der Waals surface area contributed by atoms with Crippen LogP contribution in [-0.4, -0.2) is 23.6 Å². The fraction of sp³-hybridized carbons (Fsp3) is 0.500. The van der Waals surface area contributed by atoms with Gasteiger partial charge in [-0.3, -0.25) is 9.59 Å². The first-order valence-electron chi connectivity index (χ1n) is 8.41. The van der Waals surface area contributed by atoms with E-state index >= 15 is 0 Å². The van der Waals surface area contributed by atoms with Crippen LogP contribution in [0.2, 0.25) is 0 Å². The molecule has 1 aliphatic heterocycles. The van der Waals surface area contributed by atoms with Gasteiger partial charge in [-0.2, -0.15) is 5.10 Å². The summed E-state index contributed by atoms with van der Waals surface area (Å²) in [6.07, 6.45) is 6.42. The first kappa shape index (κ1) is 15.7. The molecule has 3 rings (SSSR count). The third-order valence-electron chi connectivity index (χ3n) is 4.48. The number of anilines is 1. The normalized spacial score (nSPS) is 19.4. The van der Waals surface area contributed by atoms with E-state index in [1.165, 1.54) is 24.3 Å². The van der Waals surface area contributed by atoms with E-state index in [0.29, 0.717) is 18.6 Å². The predicted octanol–water partition coefficient (Wildman–Crippen LogP) is 2.93. The van der Waals surface area contributed by atoms with Crippen LogP contribution in [0.1, 0.15) is 50.5 Å². The van der Waals surface area contributed by atoms with Crippen molar-refractivity contribution >= 4 is 23.2 Å². The van der Waals surface area contributed by atoms with Crippen LogP contribution in [0.25, 0.3) is 0 Å². The molecule has 1 N–H and O–H groups in total. The van der Waals surface area contributed by atoms with Crippen molar-refractivity contribution in [3.63, 3.8) is 0 Å². The van der Waals surface area contributed by atoms with Crippen LogP contribution in [0, 0.1) is 6.92 Å². The monoisotopic (exact) mass is 313 g/mol. The van der Waals surface area contributed by atoms with E-state index in [0.717, 1.165) is 24.1 Å². The second kappa shape index (κ2) is 6.94. The van der Waals surface area contributed by atoms with Gasteiger partial charge in [0.25, 0.3) is 5.91 Å². The Hall–Kier alpha value is -2.17. The minimum absolute atomic E-state index is 0.0650. The number of amides is 2. The largest absolute Gasteiger partial charge is 0.348 e. The maximum atomic E-state index is 12.4. The Labute approximate surface area is 136 Å². The number of nitrogens with zero attached hydrogens (tertiary/aromatic N) is 2. The first-order valence-corrected chi connectivity index (χ1v) is 8.41. The highest BCUT2D eigenvalue weighted by Crippen LogP contribution is 2.22. The standard InChI is InChI=1S/C18H23N3O2/c1-13-6-5-9-15(12-13)21-17(22)11-10-16(20-21)18(23)19-14-7-3-2-4-8-14/h5-6,9,12,14H,2-4,7-8,10-11H2,1H3,(H,19,23). The Morgan fingerprint density at radius 3 is 2.74 bits per heavy atom. The number of hydrogen-bond donors (Lipinski definition) is 1. The van der Waals surface area contributed by atoms with Crippen molar-refractivity contribution < 1.29 is 9.59 Å². The summed E-state index contributed by atoms with van der Waals surface area (Å²) in [5.74, 6) is -0.188. The Kier molecular flexibility index (Phi) is 4.74. The van der Waals surface area contributed by atoms with Gasteiger partial charge >= 0.3 is 0 Å². The second-order valence-corrected chi connectivity index (χ2v) is 6.40. The minimum atomic E-state index is -0.123. The molecule has 0 spiro atoms. The molecule has 5 nitrogen and oxygen atoms in total. The van der Waals surface area contributed by atoms with Crippen LogP contribution in [-0.2, 0) is 9.59 Å². The number of carbonyl (C=O) groups excluding carboxylic acids is 2. The van der Waals surface area contributed by atoms with Gasteiger partial charge in [-0.05, 0) is 37.5 Å². The van der Waals surface area contributed by atoms with Crippen LogP contribution in [0.5, 0.6) is 0 Å². The highest BCUT2D eigenvalue weighted by Gasteiger charge is 2.27. The quantitative estimate of drug-likeness (QED) is 0.932. The SMILES string of the molecule is Cc1cccc(N2N=C(C(=O)NC3CCCCC3)CCC2=O)c1. The third-order valence-corrected chi connectivity index (χ3v) is 4.48. The molecule has 1 aromatic carbocycles. The third kappa shape index (κ3) is 3.78.